The number of benzene rings is 1. The van der Waals surface area contributed by atoms with E-state index in [-0.39, 0.29) is 17.5 Å². The molecule has 2 aromatic heterocycles. The maximum atomic E-state index is 13.0. The number of fused-ring (bicyclic) bond motifs is 3. The number of rotatable bonds is 6. The molecular weight excluding hydrogens is 362 g/mol. The highest BCUT2D eigenvalue weighted by Gasteiger charge is 2.16. The molecule has 0 radical (unpaired) electrons. The molecule has 1 aromatic carbocycles. The Morgan fingerprint density at radius 1 is 1.33 bits per heavy atom. The Morgan fingerprint density at radius 3 is 2.74 bits per heavy atom. The molecule has 0 unspecified atom stereocenters. The lowest BCUT2D eigenvalue weighted by Crippen LogP contribution is -2.32. The molecule has 3 rings (SSSR count). The Morgan fingerprint density at radius 2 is 2.07 bits per heavy atom. The molecule has 7 nitrogen and oxygen atoms in total. The third-order valence-electron chi connectivity index (χ3n) is 4.79. The molecule has 2 N–H and O–H groups in total. The van der Waals surface area contributed by atoms with E-state index < -0.39 is 0 Å². The normalized spacial score (nSPS) is 12.8. The van der Waals surface area contributed by atoms with Gasteiger partial charge in [-0.25, -0.2) is 5.10 Å². The molecule has 1 amide bonds. The average Bonchev–Trinajstić information content (AvgIpc) is 3.02. The van der Waals surface area contributed by atoms with Crippen molar-refractivity contribution in [2.75, 3.05) is 0 Å². The molecule has 0 bridgehead atoms. The smallest absolute Gasteiger partial charge is 0.262 e. The number of hydrogen-bond acceptors (Lipinski definition) is 4. The van der Waals surface area contributed by atoms with Gasteiger partial charge in [0.15, 0.2) is 0 Å². The second-order valence-corrected chi connectivity index (χ2v) is 7.70. The molecular formula is C19H25N5O2S. The lowest BCUT2D eigenvalue weighted by molar-refractivity contribution is 0.0939. The molecule has 0 saturated heterocycles. The first-order valence-corrected chi connectivity index (χ1v) is 9.68. The minimum atomic E-state index is -0.168. The second-order valence-electron chi connectivity index (χ2n) is 7.32. The summed E-state index contributed by atoms with van der Waals surface area (Å²) in [5.74, 6) is 0.761. The van der Waals surface area contributed by atoms with Crippen LogP contribution in [0.4, 0.5) is 0 Å². The van der Waals surface area contributed by atoms with E-state index >= 15 is 0 Å². The van der Waals surface area contributed by atoms with Crippen molar-refractivity contribution in [1.82, 2.24) is 24.5 Å². The van der Waals surface area contributed by atoms with Crippen LogP contribution < -0.4 is 10.9 Å². The zero-order valence-electron chi connectivity index (χ0n) is 16.1. The molecule has 0 aliphatic heterocycles. The van der Waals surface area contributed by atoms with Crippen LogP contribution in [0.25, 0.3) is 16.7 Å². The molecule has 1 atom stereocenters. The van der Waals surface area contributed by atoms with Gasteiger partial charge < -0.3 is 5.32 Å². The SMILES string of the molecule is CC[C@H](C)NC(=O)c1ccc2c(=O)n(CCC(C)C)c3n[nH]c(=S)n3c2c1. The number of amides is 1. The third kappa shape index (κ3) is 3.66. The van der Waals surface area contributed by atoms with Crippen LogP contribution >= 0.6 is 12.2 Å². The van der Waals surface area contributed by atoms with Gasteiger partial charge in [0.2, 0.25) is 10.5 Å². The zero-order chi connectivity index (χ0) is 19.7. The fourth-order valence-electron chi connectivity index (χ4n) is 2.96. The van der Waals surface area contributed by atoms with Gasteiger partial charge in [-0.2, -0.15) is 0 Å². The average molecular weight is 388 g/mol. The molecule has 2 heterocycles. The van der Waals surface area contributed by atoms with E-state index in [4.69, 9.17) is 12.2 Å². The molecule has 0 saturated carbocycles. The quantitative estimate of drug-likeness (QED) is 0.636. The Hall–Kier alpha value is -2.48. The highest BCUT2D eigenvalue weighted by atomic mass is 32.1. The van der Waals surface area contributed by atoms with Crippen LogP contribution in [-0.4, -0.2) is 31.1 Å². The van der Waals surface area contributed by atoms with Gasteiger partial charge >= 0.3 is 0 Å². The first-order chi connectivity index (χ1) is 12.8. The number of carbonyl (C=O) groups is 1. The molecule has 27 heavy (non-hydrogen) atoms. The van der Waals surface area contributed by atoms with Crippen molar-refractivity contribution in [1.29, 1.82) is 0 Å². The number of hydrogen-bond donors (Lipinski definition) is 2. The fraction of sp³-hybridized carbons (Fsp3) is 0.474. The van der Waals surface area contributed by atoms with Crippen molar-refractivity contribution in [3.8, 4) is 0 Å². The summed E-state index contributed by atoms with van der Waals surface area (Å²) in [4.78, 5) is 25.5. The minimum Gasteiger partial charge on any atom is -0.350 e. The molecule has 8 heteroatoms. The highest BCUT2D eigenvalue weighted by Crippen LogP contribution is 2.17. The van der Waals surface area contributed by atoms with Crippen molar-refractivity contribution in [3.63, 3.8) is 0 Å². The van der Waals surface area contributed by atoms with Gasteiger partial charge in [-0.1, -0.05) is 20.8 Å². The Kier molecular flexibility index (Phi) is 5.46. The number of nitrogens with one attached hydrogen (secondary N) is 2. The Bertz CT molecular complexity index is 1110. The van der Waals surface area contributed by atoms with E-state index in [9.17, 15) is 9.59 Å². The van der Waals surface area contributed by atoms with Crippen LogP contribution in [0.3, 0.4) is 0 Å². The molecule has 0 spiro atoms. The lowest BCUT2D eigenvalue weighted by Gasteiger charge is -2.14. The number of nitrogens with zero attached hydrogens (tertiary/aromatic N) is 3. The van der Waals surface area contributed by atoms with Gasteiger partial charge in [-0.15, -0.1) is 5.10 Å². The summed E-state index contributed by atoms with van der Waals surface area (Å²) in [6, 6.07) is 5.17. The fourth-order valence-corrected chi connectivity index (χ4v) is 3.19. The minimum absolute atomic E-state index is 0.0772. The van der Waals surface area contributed by atoms with Crippen LogP contribution in [0.5, 0.6) is 0 Å². The summed E-state index contributed by atoms with van der Waals surface area (Å²) in [7, 11) is 0. The Labute approximate surface area is 162 Å². The van der Waals surface area contributed by atoms with Crippen molar-refractivity contribution in [2.45, 2.75) is 53.1 Å². The summed E-state index contributed by atoms with van der Waals surface area (Å²) >= 11 is 5.38. The summed E-state index contributed by atoms with van der Waals surface area (Å²) in [5, 5.41) is 10.5. The van der Waals surface area contributed by atoms with Crippen LogP contribution in [0, 0.1) is 10.7 Å². The van der Waals surface area contributed by atoms with Gasteiger partial charge in [-0.05, 0) is 56.1 Å². The predicted octanol–water partition coefficient (Wildman–Crippen LogP) is 3.28. The van der Waals surface area contributed by atoms with E-state index in [1.807, 2.05) is 13.8 Å². The van der Waals surface area contributed by atoms with E-state index in [1.165, 1.54) is 0 Å². The van der Waals surface area contributed by atoms with E-state index in [0.717, 1.165) is 12.8 Å². The summed E-state index contributed by atoms with van der Waals surface area (Å²) < 4.78 is 3.77. The molecule has 0 aliphatic carbocycles. The maximum absolute atomic E-state index is 13.0. The second kappa shape index (κ2) is 7.64. The van der Waals surface area contributed by atoms with Crippen LogP contribution in [0.1, 0.15) is 50.9 Å². The number of aryl methyl sites for hydroxylation is 1. The first kappa shape index (κ1) is 19.3. The van der Waals surface area contributed by atoms with Gasteiger partial charge in [0, 0.05) is 18.2 Å². The third-order valence-corrected chi connectivity index (χ3v) is 5.07. The van der Waals surface area contributed by atoms with Crippen LogP contribution in [-0.2, 0) is 6.54 Å². The lowest BCUT2D eigenvalue weighted by atomic mass is 10.1. The number of aromatic nitrogens is 4. The van der Waals surface area contributed by atoms with E-state index in [2.05, 4.69) is 29.4 Å². The van der Waals surface area contributed by atoms with Gasteiger partial charge in [0.1, 0.15) is 0 Å². The maximum Gasteiger partial charge on any atom is 0.262 e. The van der Waals surface area contributed by atoms with Gasteiger partial charge in [0.05, 0.1) is 10.9 Å². The number of aromatic amines is 1. The van der Waals surface area contributed by atoms with E-state index in [0.29, 0.717) is 39.5 Å². The molecule has 144 valence electrons. The number of H-pyrrole nitrogens is 1. The predicted molar refractivity (Wildman–Crippen MR) is 109 cm³/mol. The van der Waals surface area contributed by atoms with Crippen molar-refractivity contribution in [2.24, 2.45) is 5.92 Å². The number of carbonyl (C=O) groups excluding carboxylic acids is 1. The highest BCUT2D eigenvalue weighted by molar-refractivity contribution is 7.71. The standard InChI is InChI=1S/C19H25N5O2S/c1-5-12(4)20-16(25)13-6-7-14-15(10-13)24-18(21-22-19(24)27)23(17(14)26)9-8-11(2)3/h6-7,10-12H,5,8-9H2,1-4H3,(H,20,25)(H,22,27)/t12-/m0/s1. The summed E-state index contributed by atoms with van der Waals surface area (Å²) in [6.07, 6.45) is 1.70. The van der Waals surface area contributed by atoms with Crippen molar-refractivity contribution < 1.29 is 4.79 Å². The first-order valence-electron chi connectivity index (χ1n) is 9.28. The monoisotopic (exact) mass is 387 g/mol. The molecule has 0 fully saturated rings. The summed E-state index contributed by atoms with van der Waals surface area (Å²) in [6.45, 7) is 8.76. The van der Waals surface area contributed by atoms with Crippen molar-refractivity contribution >= 4 is 34.8 Å². The van der Waals surface area contributed by atoms with Crippen molar-refractivity contribution in [3.05, 3.63) is 38.9 Å². The molecule has 3 aromatic rings. The zero-order valence-corrected chi connectivity index (χ0v) is 16.9. The van der Waals surface area contributed by atoms with Crippen LogP contribution in [0.15, 0.2) is 23.0 Å². The largest absolute Gasteiger partial charge is 0.350 e. The van der Waals surface area contributed by atoms with E-state index in [1.54, 1.807) is 27.2 Å². The van der Waals surface area contributed by atoms with Crippen LogP contribution in [0.2, 0.25) is 0 Å². The Balaban J connectivity index is 2.20. The molecule has 0 aliphatic rings. The summed E-state index contributed by atoms with van der Waals surface area (Å²) in [5.41, 5.74) is 0.957. The van der Waals surface area contributed by atoms with Gasteiger partial charge in [0.25, 0.3) is 11.5 Å². The topological polar surface area (TPSA) is 84.2 Å². The van der Waals surface area contributed by atoms with Gasteiger partial charge in [-0.3, -0.25) is 18.6 Å².